The molecule has 0 amide bonds. The summed E-state index contributed by atoms with van der Waals surface area (Å²) in [5, 5.41) is 0. The van der Waals surface area contributed by atoms with Crippen molar-refractivity contribution in [3.05, 3.63) is 0 Å². The van der Waals surface area contributed by atoms with E-state index in [-0.39, 0.29) is 47.9 Å². The van der Waals surface area contributed by atoms with Gasteiger partial charge in [-0.3, -0.25) is 0 Å². The first-order chi connectivity index (χ1) is 11.1. The summed E-state index contributed by atoms with van der Waals surface area (Å²) in [4.78, 5) is 39.1. The van der Waals surface area contributed by atoms with E-state index in [1.165, 1.54) is 32.1 Å². The van der Waals surface area contributed by atoms with Gasteiger partial charge in [-0.2, -0.15) is 0 Å². The van der Waals surface area contributed by atoms with Gasteiger partial charge in [-0.05, 0) is 19.0 Å². The molecule has 0 fully saturated rings. The van der Waals surface area contributed by atoms with Gasteiger partial charge in [-0.25, -0.2) is 0 Å². The monoisotopic (exact) mass is 524 g/mol. The molecule has 0 heterocycles. The van der Waals surface area contributed by atoms with E-state index >= 15 is 0 Å². The van der Waals surface area contributed by atoms with Crippen molar-refractivity contribution in [2.24, 2.45) is 0 Å². The number of hydrogen-bond acceptors (Lipinski definition) is 5. The summed E-state index contributed by atoms with van der Waals surface area (Å²) < 4.78 is 20.5. The minimum absolute atomic E-state index is 0. The van der Waals surface area contributed by atoms with Crippen LogP contribution in [0.25, 0.3) is 0 Å². The molecule has 1 atom stereocenters. The third-order valence-electron chi connectivity index (χ3n) is 3.58. The van der Waals surface area contributed by atoms with Gasteiger partial charge >= 0.3 is 35.6 Å². The smallest absolute Gasteiger partial charge is 0.811 e. The first kappa shape index (κ1) is 31.2. The van der Waals surface area contributed by atoms with Gasteiger partial charge in [0, 0.05) is 6.16 Å². The van der Waals surface area contributed by atoms with Crippen molar-refractivity contribution >= 4 is 15.2 Å². The molecule has 25 heavy (non-hydrogen) atoms. The Balaban J connectivity index is -0.000000372. The summed E-state index contributed by atoms with van der Waals surface area (Å²) in [6.07, 6.45) is 11.9. The maximum atomic E-state index is 10.3. The maximum Gasteiger partial charge on any atom is 3.00 e. The second-order valence-corrected chi connectivity index (χ2v) is 9.62. The zero-order chi connectivity index (χ0) is 18.9. The van der Waals surface area contributed by atoms with Gasteiger partial charge in [0.1, 0.15) is 7.60 Å². The van der Waals surface area contributed by atoms with Crippen LogP contribution < -0.4 is 14.7 Å². The molecule has 1 N–H and O–H groups in total. The Morgan fingerprint density at radius 1 is 0.640 bits per heavy atom. The van der Waals surface area contributed by atoms with E-state index in [9.17, 15) is 23.8 Å². The van der Waals surface area contributed by atoms with Gasteiger partial charge in [-0.1, -0.05) is 85.7 Å². The van der Waals surface area contributed by atoms with E-state index in [0.29, 0.717) is 12.8 Å². The first-order valence-electron chi connectivity index (χ1n) is 9.16. The van der Waals surface area contributed by atoms with Gasteiger partial charge in [-0.15, -0.1) is 0 Å². The van der Waals surface area contributed by atoms with E-state index in [1.54, 1.807) is 0 Å². The fourth-order valence-corrected chi connectivity index (χ4v) is 3.41. The zero-order valence-corrected chi connectivity index (χ0v) is 21.3. The summed E-state index contributed by atoms with van der Waals surface area (Å²) in [6.45, 7) is 4.27. The van der Waals surface area contributed by atoms with E-state index in [0.717, 1.165) is 32.1 Å². The fourth-order valence-electron chi connectivity index (χ4n) is 2.18. The van der Waals surface area contributed by atoms with Crippen molar-refractivity contribution in [1.82, 2.24) is 0 Å². The summed E-state index contributed by atoms with van der Waals surface area (Å²) >= 11 is 0. The van der Waals surface area contributed by atoms with Crippen LogP contribution in [0.3, 0.4) is 0 Å². The molecule has 0 aromatic rings. The predicted molar refractivity (Wildman–Crippen MR) is 93.9 cm³/mol. The van der Waals surface area contributed by atoms with Crippen LogP contribution in [0, 0.1) is 35.6 Å². The van der Waals surface area contributed by atoms with E-state index in [4.69, 9.17) is 4.89 Å². The molecule has 148 valence electrons. The number of unbranched alkanes of at least 4 members (excludes halogenated alkanes) is 10. The molecule has 0 spiro atoms. The second-order valence-electron chi connectivity index (χ2n) is 6.23. The Labute approximate surface area is 181 Å². The molecular formula is C16H35LaO6P2. The van der Waals surface area contributed by atoms with Crippen LogP contribution in [0.4, 0.5) is 0 Å². The molecule has 0 aromatic heterocycles. The van der Waals surface area contributed by atoms with Crippen molar-refractivity contribution in [3.8, 4) is 0 Å². The predicted octanol–water partition coefficient (Wildman–Crippen LogP) is 3.15. The molecule has 0 rings (SSSR count). The first-order valence-corrected chi connectivity index (χ1v) is 12.7. The molecule has 0 bridgehead atoms. The van der Waals surface area contributed by atoms with E-state index in [1.807, 2.05) is 0 Å². The van der Waals surface area contributed by atoms with Crippen molar-refractivity contribution in [1.29, 1.82) is 0 Å². The van der Waals surface area contributed by atoms with E-state index < -0.39 is 15.2 Å². The minimum atomic E-state index is -4.22. The normalized spacial score (nSPS) is 13.4. The molecule has 0 aliphatic heterocycles. The van der Waals surface area contributed by atoms with Crippen LogP contribution in [-0.4, -0.2) is 17.2 Å². The Morgan fingerprint density at radius 2 is 0.960 bits per heavy atom. The standard InChI is InChI=1S/2C8H19O3P.La/c2*1-2-3-4-5-6-7-8-12(9,10)11;/h2*2-8H2,1H3,(H2,9,10,11);/q;;+3/p-3. The van der Waals surface area contributed by atoms with Gasteiger partial charge in [0.05, 0.1) is 0 Å². The topological polar surface area (TPSA) is 124 Å². The quantitative estimate of drug-likeness (QED) is 0.275. The van der Waals surface area contributed by atoms with E-state index in [2.05, 4.69) is 13.8 Å². The molecule has 0 aromatic carbocycles. The summed E-state index contributed by atoms with van der Waals surface area (Å²) in [6, 6.07) is 0. The molecular weight excluding hydrogens is 489 g/mol. The van der Waals surface area contributed by atoms with Gasteiger partial charge in [0.2, 0.25) is 0 Å². The third-order valence-corrected chi connectivity index (χ3v) is 5.33. The largest absolute Gasteiger partial charge is 3.00 e. The molecule has 6 nitrogen and oxygen atoms in total. The number of hydrogen-bond donors (Lipinski definition) is 1. The Morgan fingerprint density at radius 3 is 1.28 bits per heavy atom. The SMILES string of the molecule is CCCCCCCCP(=O)([O-])O.CCCCCCCCP(=O)([O-])[O-].[La+3]. The zero-order valence-electron chi connectivity index (χ0n) is 15.9. The van der Waals surface area contributed by atoms with Gasteiger partial charge < -0.3 is 28.7 Å². The van der Waals surface area contributed by atoms with Crippen molar-refractivity contribution < 1.29 is 64.3 Å². The van der Waals surface area contributed by atoms with Crippen molar-refractivity contribution in [2.45, 2.75) is 90.9 Å². The summed E-state index contributed by atoms with van der Waals surface area (Å²) in [5.41, 5.74) is 0. The fraction of sp³-hybridized carbons (Fsp3) is 1.00. The van der Waals surface area contributed by atoms with Crippen LogP contribution in [0.5, 0.6) is 0 Å². The molecule has 0 aliphatic carbocycles. The Kier molecular flexibility index (Phi) is 25.3. The van der Waals surface area contributed by atoms with Crippen LogP contribution in [0.2, 0.25) is 0 Å². The molecule has 1 unspecified atom stereocenters. The second kappa shape index (κ2) is 20.2. The average molecular weight is 524 g/mol. The molecule has 0 saturated heterocycles. The average Bonchev–Trinajstić information content (AvgIpc) is 2.45. The Bertz CT molecular complexity index is 323. The van der Waals surface area contributed by atoms with Crippen LogP contribution in [0.15, 0.2) is 0 Å². The van der Waals surface area contributed by atoms with Crippen LogP contribution in [0.1, 0.15) is 90.9 Å². The minimum Gasteiger partial charge on any atom is -0.811 e. The third kappa shape index (κ3) is 37.0. The molecule has 0 aliphatic rings. The molecule has 0 radical (unpaired) electrons. The summed E-state index contributed by atoms with van der Waals surface area (Å²) in [5.74, 6) is 0. The maximum absolute atomic E-state index is 10.3. The van der Waals surface area contributed by atoms with Crippen molar-refractivity contribution in [3.63, 3.8) is 0 Å². The Hall–Kier alpha value is 1.49. The van der Waals surface area contributed by atoms with Crippen LogP contribution >= 0.6 is 15.2 Å². The van der Waals surface area contributed by atoms with Gasteiger partial charge in [0.25, 0.3) is 0 Å². The van der Waals surface area contributed by atoms with Crippen LogP contribution in [-0.2, 0) is 9.13 Å². The summed E-state index contributed by atoms with van der Waals surface area (Å²) in [7, 11) is -8.19. The molecule has 0 saturated carbocycles. The number of rotatable bonds is 14. The van der Waals surface area contributed by atoms with Gasteiger partial charge in [0.15, 0.2) is 0 Å². The molecule has 9 heteroatoms. The van der Waals surface area contributed by atoms with Crippen molar-refractivity contribution in [2.75, 3.05) is 12.3 Å².